The minimum Gasteiger partial charge on any atom is -0.381 e. The third-order valence-corrected chi connectivity index (χ3v) is 6.20. The first-order valence-corrected chi connectivity index (χ1v) is 11.8. The normalized spacial score (nSPS) is 17.6. The number of sulfone groups is 1. The molecule has 1 aromatic carbocycles. The van der Waals surface area contributed by atoms with Crippen LogP contribution in [0.15, 0.2) is 35.3 Å². The van der Waals surface area contributed by atoms with E-state index >= 15 is 0 Å². The van der Waals surface area contributed by atoms with Crippen LogP contribution in [0, 0.1) is 5.92 Å². The molecular formula is C20H33N3O4S. The molecule has 1 aromatic rings. The minimum absolute atomic E-state index is 0.0911. The van der Waals surface area contributed by atoms with E-state index < -0.39 is 9.84 Å². The lowest BCUT2D eigenvalue weighted by Crippen LogP contribution is -2.39. The van der Waals surface area contributed by atoms with Gasteiger partial charge in [-0.05, 0) is 24.8 Å². The summed E-state index contributed by atoms with van der Waals surface area (Å²) in [6, 6.07) is 9.28. The number of rotatable bonds is 12. The van der Waals surface area contributed by atoms with E-state index in [-0.39, 0.29) is 11.5 Å². The van der Waals surface area contributed by atoms with E-state index in [1.807, 2.05) is 30.3 Å². The van der Waals surface area contributed by atoms with Crippen molar-refractivity contribution in [1.29, 1.82) is 0 Å². The highest BCUT2D eigenvalue weighted by Crippen LogP contribution is 2.12. The molecule has 0 amide bonds. The molecule has 0 spiro atoms. The highest BCUT2D eigenvalue weighted by molar-refractivity contribution is 7.90. The first-order chi connectivity index (χ1) is 13.6. The van der Waals surface area contributed by atoms with Crippen LogP contribution in [-0.4, -0.2) is 66.7 Å². The van der Waals surface area contributed by atoms with Crippen LogP contribution in [0.1, 0.15) is 24.8 Å². The minimum atomic E-state index is -3.10. The van der Waals surface area contributed by atoms with Gasteiger partial charge in [-0.1, -0.05) is 30.3 Å². The maximum atomic E-state index is 12.2. The maximum absolute atomic E-state index is 12.2. The molecule has 0 saturated carbocycles. The second kappa shape index (κ2) is 12.7. The third kappa shape index (κ3) is 9.52. The largest absolute Gasteiger partial charge is 0.381 e. The van der Waals surface area contributed by atoms with Crippen molar-refractivity contribution in [2.45, 2.75) is 25.0 Å². The fraction of sp³-hybridized carbons (Fsp3) is 0.650. The van der Waals surface area contributed by atoms with Gasteiger partial charge in [0.15, 0.2) is 15.8 Å². The molecule has 2 N–H and O–H groups in total. The molecule has 0 radical (unpaired) electrons. The molecule has 7 nitrogen and oxygen atoms in total. The van der Waals surface area contributed by atoms with Crippen molar-refractivity contribution >= 4 is 15.8 Å². The average molecular weight is 412 g/mol. The number of benzene rings is 1. The van der Waals surface area contributed by atoms with Crippen LogP contribution in [0.5, 0.6) is 0 Å². The molecule has 28 heavy (non-hydrogen) atoms. The van der Waals surface area contributed by atoms with Gasteiger partial charge in [-0.15, -0.1) is 0 Å². The molecule has 1 aliphatic heterocycles. The predicted molar refractivity (Wildman–Crippen MR) is 112 cm³/mol. The van der Waals surface area contributed by atoms with Crippen LogP contribution < -0.4 is 10.6 Å². The van der Waals surface area contributed by atoms with Crippen LogP contribution in [0.4, 0.5) is 0 Å². The number of nitrogens with one attached hydrogen (secondary N) is 2. The maximum Gasteiger partial charge on any atom is 0.190 e. The van der Waals surface area contributed by atoms with Crippen LogP contribution in [0.3, 0.4) is 0 Å². The van der Waals surface area contributed by atoms with E-state index in [2.05, 4.69) is 15.6 Å². The van der Waals surface area contributed by atoms with E-state index in [4.69, 9.17) is 9.47 Å². The summed E-state index contributed by atoms with van der Waals surface area (Å²) < 4.78 is 35.4. The van der Waals surface area contributed by atoms with Gasteiger partial charge >= 0.3 is 0 Å². The van der Waals surface area contributed by atoms with Crippen molar-refractivity contribution in [3.05, 3.63) is 35.9 Å². The molecule has 1 heterocycles. The molecule has 8 heteroatoms. The Kier molecular flexibility index (Phi) is 10.3. The first kappa shape index (κ1) is 22.6. The number of hydrogen-bond donors (Lipinski definition) is 2. The number of nitrogens with zero attached hydrogens (tertiary/aromatic N) is 1. The van der Waals surface area contributed by atoms with E-state index in [1.165, 1.54) is 0 Å². The topological polar surface area (TPSA) is 89.0 Å². The summed E-state index contributed by atoms with van der Waals surface area (Å²) in [5, 5.41) is 6.38. The van der Waals surface area contributed by atoms with Gasteiger partial charge in [0.25, 0.3) is 0 Å². The SMILES string of the molecule is CN=C(NCCCOCC1CCOC1)NCCCS(=O)(=O)Cc1ccccc1. The second-order valence-corrected chi connectivity index (χ2v) is 9.20. The van der Waals surface area contributed by atoms with Crippen LogP contribution >= 0.6 is 0 Å². The fourth-order valence-electron chi connectivity index (χ4n) is 2.97. The average Bonchev–Trinajstić information content (AvgIpc) is 3.20. The molecular weight excluding hydrogens is 378 g/mol. The van der Waals surface area contributed by atoms with Gasteiger partial charge in [0.1, 0.15) is 0 Å². The summed E-state index contributed by atoms with van der Waals surface area (Å²) >= 11 is 0. The summed E-state index contributed by atoms with van der Waals surface area (Å²) in [6.45, 7) is 4.46. The van der Waals surface area contributed by atoms with E-state index in [1.54, 1.807) is 7.05 Å². The zero-order chi connectivity index (χ0) is 20.1. The number of aliphatic imine (C=N–C) groups is 1. The van der Waals surface area contributed by atoms with Crippen molar-refractivity contribution in [1.82, 2.24) is 10.6 Å². The van der Waals surface area contributed by atoms with E-state index in [9.17, 15) is 8.42 Å². The van der Waals surface area contributed by atoms with Crippen LogP contribution in [0.2, 0.25) is 0 Å². The molecule has 1 unspecified atom stereocenters. The molecule has 1 atom stereocenters. The Morgan fingerprint density at radius 3 is 2.64 bits per heavy atom. The zero-order valence-corrected chi connectivity index (χ0v) is 17.5. The van der Waals surface area contributed by atoms with Crippen LogP contribution in [0.25, 0.3) is 0 Å². The summed E-state index contributed by atoms with van der Waals surface area (Å²) in [7, 11) is -1.39. The van der Waals surface area contributed by atoms with Crippen molar-refractivity contribution in [3.8, 4) is 0 Å². The Balaban J connectivity index is 1.51. The van der Waals surface area contributed by atoms with Gasteiger partial charge in [0.2, 0.25) is 0 Å². The summed E-state index contributed by atoms with van der Waals surface area (Å²) in [5.74, 6) is 1.48. The Bertz CT molecular complexity index is 674. The Hall–Kier alpha value is -1.64. The second-order valence-electron chi connectivity index (χ2n) is 7.02. The van der Waals surface area contributed by atoms with Crippen molar-refractivity contribution < 1.29 is 17.9 Å². The summed E-state index contributed by atoms with van der Waals surface area (Å²) in [5.41, 5.74) is 0.829. The smallest absolute Gasteiger partial charge is 0.190 e. The van der Waals surface area contributed by atoms with Gasteiger partial charge in [-0.25, -0.2) is 8.42 Å². The van der Waals surface area contributed by atoms with Gasteiger partial charge in [-0.2, -0.15) is 0 Å². The highest BCUT2D eigenvalue weighted by atomic mass is 32.2. The van der Waals surface area contributed by atoms with Crippen molar-refractivity contribution in [3.63, 3.8) is 0 Å². The molecule has 0 aromatic heterocycles. The monoisotopic (exact) mass is 411 g/mol. The Morgan fingerprint density at radius 2 is 1.96 bits per heavy atom. The Labute approximate surface area is 168 Å². The van der Waals surface area contributed by atoms with Crippen molar-refractivity contribution in [2.24, 2.45) is 10.9 Å². The van der Waals surface area contributed by atoms with E-state index in [0.717, 1.165) is 44.8 Å². The highest BCUT2D eigenvalue weighted by Gasteiger charge is 2.15. The third-order valence-electron chi connectivity index (χ3n) is 4.51. The molecule has 2 rings (SSSR count). The molecule has 1 fully saturated rings. The standard InChI is InChI=1S/C20H33N3O4S/c1-21-20(22-10-5-12-26-15-19-9-13-27-16-19)23-11-6-14-28(24,25)17-18-7-3-2-4-8-18/h2-4,7-8,19H,5-6,9-17H2,1H3,(H2,21,22,23). The van der Waals surface area contributed by atoms with Gasteiger partial charge in [-0.3, -0.25) is 4.99 Å². The number of guanidine groups is 1. The molecule has 0 aliphatic carbocycles. The lowest BCUT2D eigenvalue weighted by Gasteiger charge is -2.13. The quantitative estimate of drug-likeness (QED) is 0.309. The van der Waals surface area contributed by atoms with Gasteiger partial charge < -0.3 is 20.1 Å². The number of hydrogen-bond acceptors (Lipinski definition) is 5. The predicted octanol–water partition coefficient (Wildman–Crippen LogP) is 1.60. The first-order valence-electron chi connectivity index (χ1n) is 9.93. The molecule has 1 aliphatic rings. The molecule has 158 valence electrons. The number of ether oxygens (including phenoxy) is 2. The Morgan fingerprint density at radius 1 is 1.21 bits per heavy atom. The van der Waals surface area contributed by atoms with Crippen LogP contribution in [-0.2, 0) is 25.1 Å². The molecule has 0 bridgehead atoms. The summed E-state index contributed by atoms with van der Waals surface area (Å²) in [4.78, 5) is 4.16. The fourth-order valence-corrected chi connectivity index (χ4v) is 4.39. The van der Waals surface area contributed by atoms with Gasteiger partial charge in [0, 0.05) is 39.3 Å². The van der Waals surface area contributed by atoms with Gasteiger partial charge in [0.05, 0.1) is 24.7 Å². The lowest BCUT2D eigenvalue weighted by molar-refractivity contribution is 0.0888. The molecule has 1 saturated heterocycles. The lowest BCUT2D eigenvalue weighted by atomic mass is 10.1. The summed E-state index contributed by atoms with van der Waals surface area (Å²) in [6.07, 6.45) is 2.53. The van der Waals surface area contributed by atoms with E-state index in [0.29, 0.717) is 31.4 Å². The zero-order valence-electron chi connectivity index (χ0n) is 16.7. The van der Waals surface area contributed by atoms with Crippen molar-refractivity contribution in [2.75, 3.05) is 52.3 Å².